The Kier molecular flexibility index (Phi) is 5.82. The van der Waals surface area contributed by atoms with E-state index in [1.54, 1.807) is 0 Å². The molecule has 0 saturated carbocycles. The van der Waals surface area contributed by atoms with Crippen LogP contribution in [0.15, 0.2) is 188 Å². The first kappa shape index (κ1) is 28.9. The maximum atomic E-state index is 2.49. The highest BCUT2D eigenvalue weighted by Gasteiger charge is 2.50. The Morgan fingerprint density at radius 2 is 0.849 bits per heavy atom. The van der Waals surface area contributed by atoms with Crippen LogP contribution in [0.5, 0.6) is 0 Å². The van der Waals surface area contributed by atoms with Gasteiger partial charge in [-0.25, -0.2) is 0 Å². The maximum absolute atomic E-state index is 2.49. The van der Waals surface area contributed by atoms with Crippen molar-refractivity contribution >= 4 is 70.9 Å². The molecule has 0 unspecified atom stereocenters. The fourth-order valence-electron chi connectivity index (χ4n) is 10.1. The monoisotopic (exact) mass is 671 g/mol. The van der Waals surface area contributed by atoms with Gasteiger partial charge in [-0.2, -0.15) is 0 Å². The van der Waals surface area contributed by atoms with Gasteiger partial charge >= 0.3 is 0 Å². The van der Waals surface area contributed by atoms with E-state index in [1.807, 2.05) is 0 Å². The summed E-state index contributed by atoms with van der Waals surface area (Å²) < 4.78 is 0. The first-order chi connectivity index (χ1) is 26.3. The van der Waals surface area contributed by atoms with Gasteiger partial charge in [0.2, 0.25) is 0 Å². The van der Waals surface area contributed by atoms with E-state index < -0.39 is 5.41 Å². The van der Waals surface area contributed by atoms with E-state index in [1.165, 1.54) is 98.6 Å². The van der Waals surface area contributed by atoms with Gasteiger partial charge in [0.1, 0.15) is 0 Å². The topological polar surface area (TPSA) is 3.24 Å². The summed E-state index contributed by atoms with van der Waals surface area (Å²) in [4.78, 5) is 2.49. The lowest BCUT2D eigenvalue weighted by atomic mass is 9.54. The molecule has 0 N–H and O–H groups in total. The second-order valence-corrected chi connectivity index (χ2v) is 14.8. The first-order valence-electron chi connectivity index (χ1n) is 18.6. The average molecular weight is 672 g/mol. The molecule has 0 fully saturated rings. The zero-order chi connectivity index (χ0) is 34.7. The van der Waals surface area contributed by atoms with Crippen molar-refractivity contribution in [3.8, 4) is 0 Å². The highest BCUT2D eigenvalue weighted by atomic mass is 15.1. The lowest BCUT2D eigenvalue weighted by Crippen LogP contribution is -2.39. The molecular formula is C52H33N. The number of anilines is 3. The Balaban J connectivity index is 1.18. The minimum atomic E-state index is -0.410. The van der Waals surface area contributed by atoms with E-state index in [0.29, 0.717) is 0 Å². The van der Waals surface area contributed by atoms with Crippen LogP contribution in [0, 0.1) is 0 Å². The Morgan fingerprint density at radius 3 is 1.58 bits per heavy atom. The van der Waals surface area contributed by atoms with E-state index in [0.717, 1.165) is 12.1 Å². The van der Waals surface area contributed by atoms with E-state index in [-0.39, 0.29) is 0 Å². The molecule has 0 radical (unpaired) electrons. The van der Waals surface area contributed by atoms with E-state index in [4.69, 9.17) is 0 Å². The molecule has 246 valence electrons. The zero-order valence-corrected chi connectivity index (χ0v) is 29.1. The van der Waals surface area contributed by atoms with Crippen molar-refractivity contribution in [3.05, 3.63) is 221 Å². The smallest absolute Gasteiger partial charge is 0.0725 e. The SMILES string of the molecule is c1ccc2cc(N(c3cccc4ccccc34)c3ccc4c5c(cccc35)C43c4cccc5cccc(c45)Cc4cccc5cccc3c45)ccc2c1. The Bertz CT molecular complexity index is 3060. The Labute approximate surface area is 308 Å². The van der Waals surface area contributed by atoms with E-state index >= 15 is 0 Å². The van der Waals surface area contributed by atoms with Crippen molar-refractivity contribution in [2.75, 3.05) is 4.90 Å². The zero-order valence-electron chi connectivity index (χ0n) is 29.1. The van der Waals surface area contributed by atoms with Crippen LogP contribution in [-0.4, -0.2) is 0 Å². The van der Waals surface area contributed by atoms with Crippen molar-refractivity contribution in [1.82, 2.24) is 0 Å². The summed E-state index contributed by atoms with van der Waals surface area (Å²) >= 11 is 0. The molecule has 1 spiro atoms. The molecule has 1 heteroatoms. The first-order valence-corrected chi connectivity index (χ1v) is 18.6. The number of nitrogens with zero attached hydrogens (tertiary/aromatic N) is 1. The average Bonchev–Trinajstić information content (AvgIpc) is 3.21. The number of fused-ring (bicyclic) bond motifs is 6. The minimum absolute atomic E-state index is 0.410. The van der Waals surface area contributed by atoms with Gasteiger partial charge in [-0.1, -0.05) is 164 Å². The molecule has 0 saturated heterocycles. The fraction of sp³-hybridized carbons (Fsp3) is 0.0385. The van der Waals surface area contributed by atoms with Gasteiger partial charge in [-0.15, -0.1) is 0 Å². The lowest BCUT2D eigenvalue weighted by molar-refractivity contribution is 0.734. The minimum Gasteiger partial charge on any atom is -0.309 e. The molecule has 0 aliphatic heterocycles. The van der Waals surface area contributed by atoms with Gasteiger partial charge in [0.25, 0.3) is 0 Å². The maximum Gasteiger partial charge on any atom is 0.0725 e. The van der Waals surface area contributed by atoms with Gasteiger partial charge < -0.3 is 4.90 Å². The summed E-state index contributed by atoms with van der Waals surface area (Å²) in [6.45, 7) is 0. The molecule has 2 aliphatic carbocycles. The van der Waals surface area contributed by atoms with Gasteiger partial charge in [0.15, 0.2) is 0 Å². The number of hydrogen-bond donors (Lipinski definition) is 0. The number of rotatable bonds is 3. The van der Waals surface area contributed by atoms with Crippen LogP contribution >= 0.6 is 0 Å². The van der Waals surface area contributed by atoms with Crippen LogP contribution in [-0.2, 0) is 11.8 Å². The second kappa shape index (κ2) is 10.7. The summed E-state index contributed by atoms with van der Waals surface area (Å²) in [6.07, 6.45) is 0.917. The number of hydrogen-bond acceptors (Lipinski definition) is 1. The van der Waals surface area contributed by atoms with E-state index in [9.17, 15) is 0 Å². The predicted octanol–water partition coefficient (Wildman–Crippen LogP) is 13.5. The van der Waals surface area contributed by atoms with Crippen molar-refractivity contribution < 1.29 is 0 Å². The van der Waals surface area contributed by atoms with Gasteiger partial charge in [0.05, 0.1) is 16.8 Å². The highest BCUT2D eigenvalue weighted by Crippen LogP contribution is 2.62. The quantitative estimate of drug-likeness (QED) is 0.181. The van der Waals surface area contributed by atoms with Crippen LogP contribution in [0.2, 0.25) is 0 Å². The van der Waals surface area contributed by atoms with Crippen LogP contribution < -0.4 is 4.90 Å². The third-order valence-electron chi connectivity index (χ3n) is 12.2. The molecule has 0 heterocycles. The van der Waals surface area contributed by atoms with Crippen LogP contribution in [0.3, 0.4) is 0 Å². The summed E-state index contributed by atoms with van der Waals surface area (Å²) in [5.41, 5.74) is 11.5. The number of benzene rings is 10. The molecule has 12 rings (SSSR count). The lowest BCUT2D eigenvalue weighted by Gasteiger charge is -2.48. The molecule has 0 atom stereocenters. The van der Waals surface area contributed by atoms with Crippen LogP contribution in [0.1, 0.15) is 33.4 Å². The normalized spacial score (nSPS) is 13.7. The van der Waals surface area contributed by atoms with Gasteiger partial charge in [0, 0.05) is 16.5 Å². The Morgan fingerprint density at radius 1 is 0.340 bits per heavy atom. The molecule has 10 aromatic carbocycles. The molecular weight excluding hydrogens is 639 g/mol. The standard InChI is InChI=1S/C52H33N/c1-2-13-37-32-40(28-27-33(37)11-1)53(47-26-9-14-34-12-3-4-21-41(34)47)48-30-29-46-51-42(48)22-10-25-45(51)52(46)43-23-7-17-35-15-5-19-38(49(35)43)31-39-20-6-16-36-18-8-24-44(52)50(36)39/h1-30,32H,31H2. The van der Waals surface area contributed by atoms with Crippen LogP contribution in [0.4, 0.5) is 17.1 Å². The van der Waals surface area contributed by atoms with Gasteiger partial charge in [-0.3, -0.25) is 0 Å². The molecule has 0 bridgehead atoms. The molecule has 10 aromatic rings. The molecule has 0 aromatic heterocycles. The molecule has 1 nitrogen and oxygen atoms in total. The summed E-state index contributed by atoms with van der Waals surface area (Å²) in [6, 6.07) is 70.6. The van der Waals surface area contributed by atoms with E-state index in [2.05, 4.69) is 193 Å². The van der Waals surface area contributed by atoms with Crippen molar-refractivity contribution in [3.63, 3.8) is 0 Å². The van der Waals surface area contributed by atoms with Crippen LogP contribution in [0.25, 0.3) is 53.9 Å². The largest absolute Gasteiger partial charge is 0.309 e. The Hall–Kier alpha value is -6.70. The molecule has 0 amide bonds. The second-order valence-electron chi connectivity index (χ2n) is 14.8. The van der Waals surface area contributed by atoms with Crippen molar-refractivity contribution in [1.29, 1.82) is 0 Å². The van der Waals surface area contributed by atoms with Gasteiger partial charge in [-0.05, 0) is 107 Å². The summed E-state index contributed by atoms with van der Waals surface area (Å²) in [7, 11) is 0. The predicted molar refractivity (Wildman–Crippen MR) is 223 cm³/mol. The highest BCUT2D eigenvalue weighted by molar-refractivity contribution is 6.13. The van der Waals surface area contributed by atoms with Crippen molar-refractivity contribution in [2.45, 2.75) is 11.8 Å². The fourth-order valence-corrected chi connectivity index (χ4v) is 10.1. The molecule has 2 aliphatic rings. The third-order valence-corrected chi connectivity index (χ3v) is 12.2. The summed E-state index contributed by atoms with van der Waals surface area (Å²) in [5, 5.41) is 13.0. The van der Waals surface area contributed by atoms with Crippen molar-refractivity contribution in [2.24, 2.45) is 0 Å². The third kappa shape index (κ3) is 3.81. The summed E-state index contributed by atoms with van der Waals surface area (Å²) in [5.74, 6) is 0. The molecule has 53 heavy (non-hydrogen) atoms.